The molecule has 2 N–H and O–H groups in total. The zero-order chi connectivity index (χ0) is 21.4. The number of ketones is 1. The van der Waals surface area contributed by atoms with Gasteiger partial charge in [-0.2, -0.15) is 0 Å². The number of Topliss-reactive ketones (excluding diaryl/α,β-unsaturated/α-hetero) is 1. The van der Waals surface area contributed by atoms with Crippen molar-refractivity contribution in [3.05, 3.63) is 29.8 Å². The second kappa shape index (κ2) is 11.0. The zero-order valence-electron chi connectivity index (χ0n) is 18.0. The molecule has 1 aromatic rings. The number of ether oxygens (including phenoxy) is 1. The molecule has 0 bridgehead atoms. The molecule has 1 aliphatic carbocycles. The average Bonchev–Trinajstić information content (AvgIpc) is 2.67. The van der Waals surface area contributed by atoms with E-state index in [0.29, 0.717) is 25.0 Å². The maximum absolute atomic E-state index is 12.5. The van der Waals surface area contributed by atoms with Crippen molar-refractivity contribution in [2.45, 2.75) is 84.4 Å². The summed E-state index contributed by atoms with van der Waals surface area (Å²) in [6.45, 7) is 7.22. The number of carbonyl (C=O) groups excluding carboxylic acids is 3. The van der Waals surface area contributed by atoms with Crippen LogP contribution in [-0.4, -0.2) is 35.8 Å². The Hall–Kier alpha value is -2.37. The Kier molecular flexibility index (Phi) is 8.68. The molecule has 0 spiro atoms. The topological polar surface area (TPSA) is 84.5 Å². The number of benzene rings is 1. The summed E-state index contributed by atoms with van der Waals surface area (Å²) in [6.07, 6.45) is 3.96. The summed E-state index contributed by atoms with van der Waals surface area (Å²) in [7, 11) is 0. The molecule has 2 rings (SSSR count). The van der Waals surface area contributed by atoms with Crippen molar-refractivity contribution in [2.24, 2.45) is 5.92 Å². The average molecular weight is 403 g/mol. The van der Waals surface area contributed by atoms with E-state index in [4.69, 9.17) is 4.74 Å². The summed E-state index contributed by atoms with van der Waals surface area (Å²) >= 11 is 0. The van der Waals surface area contributed by atoms with Crippen molar-refractivity contribution in [2.75, 3.05) is 0 Å². The lowest BCUT2D eigenvalue weighted by Gasteiger charge is -2.30. The molecular formula is C23H34N2O4. The predicted octanol–water partition coefficient (Wildman–Crippen LogP) is 3.18. The number of hydrogen-bond donors (Lipinski definition) is 2. The molecule has 0 radical (unpaired) electrons. The molecule has 160 valence electrons. The SMILES string of the molecule is CC(=O)CCc1ccc(OC(C)C(=O)NC2CCCC(C(=O)NC(C)C)C2)cc1. The predicted molar refractivity (Wildman–Crippen MR) is 113 cm³/mol. The van der Waals surface area contributed by atoms with E-state index in [1.165, 1.54) is 0 Å². The Morgan fingerprint density at radius 2 is 1.79 bits per heavy atom. The lowest BCUT2D eigenvalue weighted by atomic mass is 9.85. The Balaban J connectivity index is 1.82. The first-order valence-electron chi connectivity index (χ1n) is 10.6. The van der Waals surface area contributed by atoms with E-state index in [1.807, 2.05) is 38.1 Å². The van der Waals surface area contributed by atoms with Crippen LogP contribution in [0.3, 0.4) is 0 Å². The van der Waals surface area contributed by atoms with Gasteiger partial charge in [0.05, 0.1) is 0 Å². The van der Waals surface area contributed by atoms with Gasteiger partial charge in [0.2, 0.25) is 5.91 Å². The minimum atomic E-state index is -0.622. The third-order valence-corrected chi connectivity index (χ3v) is 5.19. The first kappa shape index (κ1) is 22.9. The van der Waals surface area contributed by atoms with E-state index in [0.717, 1.165) is 24.8 Å². The van der Waals surface area contributed by atoms with Crippen LogP contribution in [0.5, 0.6) is 5.75 Å². The molecule has 1 fully saturated rings. The van der Waals surface area contributed by atoms with Gasteiger partial charge >= 0.3 is 0 Å². The highest BCUT2D eigenvalue weighted by Crippen LogP contribution is 2.25. The van der Waals surface area contributed by atoms with Crippen molar-refractivity contribution in [3.8, 4) is 5.75 Å². The third kappa shape index (κ3) is 7.87. The monoisotopic (exact) mass is 402 g/mol. The fraction of sp³-hybridized carbons (Fsp3) is 0.609. The molecule has 0 aliphatic heterocycles. The number of nitrogens with one attached hydrogen (secondary N) is 2. The lowest BCUT2D eigenvalue weighted by Crippen LogP contribution is -2.47. The molecule has 0 aromatic heterocycles. The van der Waals surface area contributed by atoms with Crippen LogP contribution in [0.25, 0.3) is 0 Å². The minimum absolute atomic E-state index is 0.000769. The second-order valence-electron chi connectivity index (χ2n) is 8.34. The lowest BCUT2D eigenvalue weighted by molar-refractivity contribution is -0.130. The molecule has 2 amide bonds. The van der Waals surface area contributed by atoms with Crippen molar-refractivity contribution < 1.29 is 19.1 Å². The normalized spacial score (nSPS) is 20.0. The second-order valence-corrected chi connectivity index (χ2v) is 8.34. The Morgan fingerprint density at radius 1 is 1.10 bits per heavy atom. The van der Waals surface area contributed by atoms with Crippen LogP contribution in [0.4, 0.5) is 0 Å². The number of hydrogen-bond acceptors (Lipinski definition) is 4. The van der Waals surface area contributed by atoms with Crippen LogP contribution in [-0.2, 0) is 20.8 Å². The first-order chi connectivity index (χ1) is 13.7. The number of rotatable bonds is 9. The summed E-state index contributed by atoms with van der Waals surface area (Å²) in [6, 6.07) is 7.61. The highest BCUT2D eigenvalue weighted by atomic mass is 16.5. The molecule has 1 aromatic carbocycles. The van der Waals surface area contributed by atoms with Gasteiger partial charge < -0.3 is 20.2 Å². The van der Waals surface area contributed by atoms with E-state index >= 15 is 0 Å². The van der Waals surface area contributed by atoms with Gasteiger partial charge in [0.1, 0.15) is 11.5 Å². The Morgan fingerprint density at radius 3 is 2.41 bits per heavy atom. The number of carbonyl (C=O) groups is 3. The summed E-state index contributed by atoms with van der Waals surface area (Å²) in [5.41, 5.74) is 1.07. The molecule has 0 saturated heterocycles. The molecule has 1 aliphatic rings. The van der Waals surface area contributed by atoms with Gasteiger partial charge in [-0.1, -0.05) is 18.6 Å². The van der Waals surface area contributed by atoms with Crippen LogP contribution in [0.1, 0.15) is 65.4 Å². The van der Waals surface area contributed by atoms with E-state index in [-0.39, 0.29) is 35.6 Å². The highest BCUT2D eigenvalue weighted by Gasteiger charge is 2.29. The largest absolute Gasteiger partial charge is 0.481 e. The molecule has 3 unspecified atom stereocenters. The fourth-order valence-electron chi connectivity index (χ4n) is 3.59. The van der Waals surface area contributed by atoms with Gasteiger partial charge in [-0.15, -0.1) is 0 Å². The maximum Gasteiger partial charge on any atom is 0.260 e. The van der Waals surface area contributed by atoms with Crippen molar-refractivity contribution in [3.63, 3.8) is 0 Å². The number of aryl methyl sites for hydroxylation is 1. The molecule has 0 heterocycles. The standard InChI is InChI=1S/C23H34N2O4/c1-15(2)24-23(28)19-6-5-7-20(14-19)25-22(27)17(4)29-21-12-10-18(11-13-21)9-8-16(3)26/h10-13,15,17,19-20H,5-9,14H2,1-4H3,(H,24,28)(H,25,27). The van der Waals surface area contributed by atoms with Crippen LogP contribution in [0, 0.1) is 5.92 Å². The van der Waals surface area contributed by atoms with Gasteiger partial charge in [-0.25, -0.2) is 0 Å². The van der Waals surface area contributed by atoms with Gasteiger partial charge in [-0.3, -0.25) is 9.59 Å². The zero-order valence-corrected chi connectivity index (χ0v) is 18.0. The minimum Gasteiger partial charge on any atom is -0.481 e. The maximum atomic E-state index is 12.5. The summed E-state index contributed by atoms with van der Waals surface area (Å²) < 4.78 is 5.77. The number of amides is 2. The Bertz CT molecular complexity index is 699. The fourth-order valence-corrected chi connectivity index (χ4v) is 3.59. The third-order valence-electron chi connectivity index (χ3n) is 5.19. The molecule has 3 atom stereocenters. The van der Waals surface area contributed by atoms with Crippen LogP contribution in [0.2, 0.25) is 0 Å². The molecular weight excluding hydrogens is 368 g/mol. The van der Waals surface area contributed by atoms with Gasteiger partial charge in [-0.05, 0) is 71.1 Å². The van der Waals surface area contributed by atoms with Crippen molar-refractivity contribution >= 4 is 17.6 Å². The van der Waals surface area contributed by atoms with E-state index in [2.05, 4.69) is 10.6 Å². The van der Waals surface area contributed by atoms with E-state index < -0.39 is 6.10 Å². The van der Waals surface area contributed by atoms with Crippen LogP contribution in [0.15, 0.2) is 24.3 Å². The van der Waals surface area contributed by atoms with E-state index in [1.54, 1.807) is 13.8 Å². The summed E-state index contributed by atoms with van der Waals surface area (Å²) in [5.74, 6) is 0.656. The van der Waals surface area contributed by atoms with Gasteiger partial charge in [0.25, 0.3) is 5.91 Å². The Labute approximate surface area is 173 Å². The van der Waals surface area contributed by atoms with Crippen LogP contribution >= 0.6 is 0 Å². The summed E-state index contributed by atoms with van der Waals surface area (Å²) in [4.78, 5) is 35.9. The molecule has 29 heavy (non-hydrogen) atoms. The molecule has 6 nitrogen and oxygen atoms in total. The smallest absolute Gasteiger partial charge is 0.260 e. The summed E-state index contributed by atoms with van der Waals surface area (Å²) in [5, 5.41) is 6.01. The van der Waals surface area contributed by atoms with Gasteiger partial charge in [0, 0.05) is 24.4 Å². The van der Waals surface area contributed by atoms with E-state index in [9.17, 15) is 14.4 Å². The van der Waals surface area contributed by atoms with Crippen LogP contribution < -0.4 is 15.4 Å². The quantitative estimate of drug-likeness (QED) is 0.664. The highest BCUT2D eigenvalue weighted by molar-refractivity contribution is 5.82. The molecule has 1 saturated carbocycles. The van der Waals surface area contributed by atoms with Crippen molar-refractivity contribution in [1.82, 2.24) is 10.6 Å². The first-order valence-corrected chi connectivity index (χ1v) is 10.6. The van der Waals surface area contributed by atoms with Crippen molar-refractivity contribution in [1.29, 1.82) is 0 Å². The molecule has 6 heteroatoms. The van der Waals surface area contributed by atoms with Gasteiger partial charge in [0.15, 0.2) is 6.10 Å².